The Morgan fingerprint density at radius 1 is 1.31 bits per heavy atom. The highest BCUT2D eigenvalue weighted by Crippen LogP contribution is 2.33. The van der Waals surface area contributed by atoms with Crippen molar-refractivity contribution in [2.24, 2.45) is 0 Å². The summed E-state index contributed by atoms with van der Waals surface area (Å²) >= 11 is 7.68. The van der Waals surface area contributed by atoms with Crippen LogP contribution in [0.5, 0.6) is 0 Å². The van der Waals surface area contributed by atoms with E-state index in [4.69, 9.17) is 11.6 Å². The van der Waals surface area contributed by atoms with Crippen LogP contribution in [-0.4, -0.2) is 30.3 Å². The van der Waals surface area contributed by atoms with Gasteiger partial charge in [0.2, 0.25) is 5.91 Å². The number of rotatable bonds is 5. The smallest absolute Gasteiger partial charge is 0.324 e. The fraction of sp³-hybridized carbons (Fsp3) is 0.400. The molecular weight excluding hydrogens is 410 g/mol. The maximum atomic E-state index is 12.7. The molecule has 0 bridgehead atoms. The summed E-state index contributed by atoms with van der Waals surface area (Å²) in [7, 11) is 0. The van der Waals surface area contributed by atoms with Crippen molar-refractivity contribution in [3.8, 4) is 0 Å². The lowest BCUT2D eigenvalue weighted by Gasteiger charge is -2.20. The van der Waals surface area contributed by atoms with Gasteiger partial charge < -0.3 is 5.32 Å². The van der Waals surface area contributed by atoms with Gasteiger partial charge in [-0.05, 0) is 37.5 Å². The minimum atomic E-state index is -0.356. The SMILES string of the molecule is Cc1ccc(Cl)cc1NC(=O)Cn1nc2c(SC3CCCCC3)nccn2c1=O. The Bertz CT molecular complexity index is 1100. The van der Waals surface area contributed by atoms with Crippen molar-refractivity contribution in [3.05, 3.63) is 51.7 Å². The van der Waals surface area contributed by atoms with Gasteiger partial charge in [0.05, 0.1) is 0 Å². The van der Waals surface area contributed by atoms with Gasteiger partial charge in [-0.1, -0.05) is 48.7 Å². The summed E-state index contributed by atoms with van der Waals surface area (Å²) in [6.45, 7) is 1.70. The van der Waals surface area contributed by atoms with Gasteiger partial charge in [-0.15, -0.1) is 5.10 Å². The van der Waals surface area contributed by atoms with Crippen molar-refractivity contribution in [2.75, 3.05) is 5.32 Å². The molecule has 0 atom stereocenters. The summed E-state index contributed by atoms with van der Waals surface area (Å²) in [5.74, 6) is -0.338. The Kier molecular flexibility index (Phi) is 5.91. The summed E-state index contributed by atoms with van der Waals surface area (Å²) in [6, 6.07) is 5.28. The maximum absolute atomic E-state index is 12.7. The summed E-state index contributed by atoms with van der Waals surface area (Å²) in [5.41, 5.74) is 1.65. The summed E-state index contributed by atoms with van der Waals surface area (Å²) < 4.78 is 2.63. The number of nitrogens with zero attached hydrogens (tertiary/aromatic N) is 4. The largest absolute Gasteiger partial charge is 0.350 e. The van der Waals surface area contributed by atoms with Gasteiger partial charge in [0.1, 0.15) is 11.6 Å². The molecule has 152 valence electrons. The molecule has 7 nitrogen and oxygen atoms in total. The van der Waals surface area contributed by atoms with Crippen molar-refractivity contribution in [1.29, 1.82) is 0 Å². The number of anilines is 1. The number of amides is 1. The molecule has 0 saturated heterocycles. The average molecular weight is 432 g/mol. The number of fused-ring (bicyclic) bond motifs is 1. The quantitative estimate of drug-likeness (QED) is 0.662. The van der Waals surface area contributed by atoms with Crippen LogP contribution in [0.4, 0.5) is 5.69 Å². The average Bonchev–Trinajstić information content (AvgIpc) is 3.02. The number of hydrogen-bond donors (Lipinski definition) is 1. The molecule has 9 heteroatoms. The van der Waals surface area contributed by atoms with Crippen molar-refractivity contribution in [3.63, 3.8) is 0 Å². The number of halogens is 1. The molecule has 1 N–H and O–H groups in total. The first-order chi connectivity index (χ1) is 14.0. The number of hydrogen-bond acceptors (Lipinski definition) is 5. The summed E-state index contributed by atoms with van der Waals surface area (Å²) in [4.78, 5) is 29.6. The molecule has 0 unspecified atom stereocenters. The monoisotopic (exact) mass is 431 g/mol. The molecule has 2 heterocycles. The lowest BCUT2D eigenvalue weighted by molar-refractivity contribution is -0.117. The second-order valence-corrected chi connectivity index (χ2v) is 8.98. The normalized spacial score (nSPS) is 15.0. The zero-order chi connectivity index (χ0) is 20.4. The van der Waals surface area contributed by atoms with Crippen LogP contribution in [0.2, 0.25) is 5.02 Å². The zero-order valence-corrected chi connectivity index (χ0v) is 17.7. The van der Waals surface area contributed by atoms with E-state index in [2.05, 4.69) is 15.4 Å². The summed E-state index contributed by atoms with van der Waals surface area (Å²) in [5, 5.41) is 8.96. The number of benzene rings is 1. The Hall–Kier alpha value is -2.32. The van der Waals surface area contributed by atoms with E-state index in [1.54, 1.807) is 36.3 Å². The van der Waals surface area contributed by atoms with E-state index in [0.29, 0.717) is 21.6 Å². The van der Waals surface area contributed by atoms with E-state index in [1.165, 1.54) is 28.3 Å². The van der Waals surface area contributed by atoms with Crippen LogP contribution >= 0.6 is 23.4 Å². The molecule has 1 aromatic carbocycles. The highest BCUT2D eigenvalue weighted by atomic mass is 35.5. The number of aromatic nitrogens is 4. The Morgan fingerprint density at radius 2 is 2.10 bits per heavy atom. The van der Waals surface area contributed by atoms with Gasteiger partial charge >= 0.3 is 5.69 Å². The van der Waals surface area contributed by atoms with Crippen LogP contribution in [-0.2, 0) is 11.3 Å². The first-order valence-corrected chi connectivity index (χ1v) is 10.9. The third-order valence-corrected chi connectivity index (χ3v) is 6.62. The van der Waals surface area contributed by atoms with Crippen LogP contribution in [0.1, 0.15) is 37.7 Å². The molecule has 4 rings (SSSR count). The molecule has 0 radical (unpaired) electrons. The van der Waals surface area contributed by atoms with Gasteiger partial charge in [-0.2, -0.15) is 0 Å². The Labute approximate surface area is 177 Å². The highest BCUT2D eigenvalue weighted by Gasteiger charge is 2.20. The van der Waals surface area contributed by atoms with Gasteiger partial charge in [-0.3, -0.25) is 4.79 Å². The molecule has 0 aliphatic heterocycles. The summed E-state index contributed by atoms with van der Waals surface area (Å²) in [6.07, 6.45) is 9.24. The second kappa shape index (κ2) is 8.59. The van der Waals surface area contributed by atoms with E-state index in [9.17, 15) is 9.59 Å². The van der Waals surface area contributed by atoms with E-state index >= 15 is 0 Å². The van der Waals surface area contributed by atoms with E-state index < -0.39 is 0 Å². The first kappa shape index (κ1) is 20.0. The van der Waals surface area contributed by atoms with Gasteiger partial charge in [0, 0.05) is 28.4 Å². The molecule has 1 fully saturated rings. The molecule has 0 spiro atoms. The fourth-order valence-corrected chi connectivity index (χ4v) is 4.93. The van der Waals surface area contributed by atoms with Crippen LogP contribution < -0.4 is 11.0 Å². The van der Waals surface area contributed by atoms with Gasteiger partial charge in [0.15, 0.2) is 5.65 Å². The van der Waals surface area contributed by atoms with Gasteiger partial charge in [-0.25, -0.2) is 18.9 Å². The number of nitrogens with one attached hydrogen (secondary N) is 1. The van der Waals surface area contributed by atoms with Crippen LogP contribution in [0.25, 0.3) is 5.65 Å². The molecule has 1 aliphatic rings. The van der Waals surface area contributed by atoms with Gasteiger partial charge in [0.25, 0.3) is 0 Å². The molecule has 2 aromatic heterocycles. The first-order valence-electron chi connectivity index (χ1n) is 9.68. The number of carbonyl (C=O) groups is 1. The standard InChI is InChI=1S/C20H22ClN5O2S/c1-13-7-8-14(21)11-16(13)23-17(27)12-26-20(28)25-10-9-22-19(18(25)24-26)29-15-5-3-2-4-6-15/h7-11,15H,2-6,12H2,1H3,(H,23,27). The molecular formula is C20H22ClN5O2S. The molecule has 1 saturated carbocycles. The van der Waals surface area contributed by atoms with Crippen LogP contribution in [0, 0.1) is 6.92 Å². The third kappa shape index (κ3) is 4.48. The third-order valence-electron chi connectivity index (χ3n) is 5.07. The molecule has 3 aromatic rings. The topological polar surface area (TPSA) is 81.3 Å². The van der Waals surface area contributed by atoms with E-state index in [-0.39, 0.29) is 18.1 Å². The van der Waals surface area contributed by atoms with E-state index in [1.807, 2.05) is 13.0 Å². The zero-order valence-electron chi connectivity index (χ0n) is 16.1. The minimum absolute atomic E-state index is 0.181. The van der Waals surface area contributed by atoms with Crippen LogP contribution in [0.3, 0.4) is 0 Å². The lowest BCUT2D eigenvalue weighted by Crippen LogP contribution is -2.28. The fourth-order valence-electron chi connectivity index (χ4n) is 3.51. The van der Waals surface area contributed by atoms with Crippen molar-refractivity contribution in [1.82, 2.24) is 19.2 Å². The molecule has 1 amide bonds. The Morgan fingerprint density at radius 3 is 2.90 bits per heavy atom. The number of aryl methyl sites for hydroxylation is 1. The highest BCUT2D eigenvalue weighted by molar-refractivity contribution is 8.00. The van der Waals surface area contributed by atoms with Crippen molar-refractivity contribution < 1.29 is 4.79 Å². The predicted molar refractivity (Wildman–Crippen MR) is 115 cm³/mol. The minimum Gasteiger partial charge on any atom is -0.324 e. The molecule has 1 aliphatic carbocycles. The number of thioether (sulfide) groups is 1. The van der Waals surface area contributed by atoms with Crippen LogP contribution in [0.15, 0.2) is 40.4 Å². The number of carbonyl (C=O) groups excluding carboxylic acids is 1. The Balaban J connectivity index is 1.55. The molecule has 29 heavy (non-hydrogen) atoms. The van der Waals surface area contributed by atoms with Crippen molar-refractivity contribution in [2.45, 2.75) is 55.8 Å². The maximum Gasteiger partial charge on any atom is 0.350 e. The lowest BCUT2D eigenvalue weighted by atomic mass is 10.0. The second-order valence-electron chi connectivity index (χ2n) is 7.25. The van der Waals surface area contributed by atoms with Crippen molar-refractivity contribution >= 4 is 40.6 Å². The van der Waals surface area contributed by atoms with E-state index in [0.717, 1.165) is 23.4 Å². The predicted octanol–water partition coefficient (Wildman–Crippen LogP) is 3.92.